The smallest absolute Gasteiger partial charge is 0.303 e. The van der Waals surface area contributed by atoms with Gasteiger partial charge in [0.1, 0.15) is 31.0 Å². The largest absolute Gasteiger partial charge is 0.463 e. The van der Waals surface area contributed by atoms with E-state index in [-0.39, 0.29) is 6.42 Å². The molecule has 20 heteroatoms. The number of ether oxygens (including phenoxy) is 6. The van der Waals surface area contributed by atoms with Crippen molar-refractivity contribution in [2.24, 2.45) is 15.3 Å². The lowest BCUT2D eigenvalue weighted by molar-refractivity contribution is -0.298. The first kappa shape index (κ1) is 31.9. The van der Waals surface area contributed by atoms with Crippen LogP contribution in [0.15, 0.2) is 15.3 Å². The molecule has 0 spiro atoms. The van der Waals surface area contributed by atoms with Crippen LogP contribution in [-0.4, -0.2) is 96.6 Å². The lowest BCUT2D eigenvalue weighted by Crippen LogP contribution is -2.64. The Hall–Kier alpha value is -4.31. The number of rotatable bonds is 10. The van der Waals surface area contributed by atoms with Crippen LogP contribution < -0.4 is 0 Å². The second-order valence-corrected chi connectivity index (χ2v) is 8.63. The van der Waals surface area contributed by atoms with E-state index in [0.29, 0.717) is 0 Å². The Morgan fingerprint density at radius 1 is 0.775 bits per heavy atom. The fourth-order valence-electron chi connectivity index (χ4n) is 4.36. The molecule has 1 aliphatic heterocycles. The lowest BCUT2D eigenvalue weighted by Gasteiger charge is -2.47. The van der Waals surface area contributed by atoms with Crippen LogP contribution in [0.1, 0.15) is 34.1 Å². The first-order chi connectivity index (χ1) is 18.9. The highest BCUT2D eigenvalue weighted by Crippen LogP contribution is 2.35. The molecule has 2 aliphatic rings. The summed E-state index contributed by atoms with van der Waals surface area (Å²) in [4.78, 5) is 55.1. The minimum Gasteiger partial charge on any atom is -0.463 e. The van der Waals surface area contributed by atoms with Crippen LogP contribution in [0, 0.1) is 0 Å². The molecule has 1 heterocycles. The number of hydrogen-bond donors (Lipinski definition) is 1. The predicted octanol–water partition coefficient (Wildman–Crippen LogP) is 1.26. The van der Waals surface area contributed by atoms with Crippen molar-refractivity contribution < 1.29 is 52.7 Å². The zero-order valence-corrected chi connectivity index (χ0v) is 21.7. The van der Waals surface area contributed by atoms with E-state index in [0.717, 1.165) is 27.7 Å². The molecular weight excluding hydrogens is 542 g/mol. The van der Waals surface area contributed by atoms with Crippen molar-refractivity contribution in [3.05, 3.63) is 31.3 Å². The van der Waals surface area contributed by atoms with E-state index in [9.17, 15) is 29.8 Å². The standard InChI is InChI=1S/C20H27N9O11/c1-7(30)35-6-13-18(37-9(3)32)19(38-10(4)33)14(26-29-23)20(39-13)40-17-12(25-28-22)5-11(24-27-21)16(15(17)34)36-8(2)31/h11-20,34H,5-6H2,1-4H3/t11-,12?,13?,14?,15-,16?,17-,18-,19-,20-/m1/s1. The summed E-state index contributed by atoms with van der Waals surface area (Å²) in [6.07, 6.45) is -11.0. The van der Waals surface area contributed by atoms with Crippen LogP contribution in [-0.2, 0) is 47.6 Å². The number of esters is 4. The third-order valence-corrected chi connectivity index (χ3v) is 5.76. The Bertz CT molecular complexity index is 1120. The highest BCUT2D eigenvalue weighted by molar-refractivity contribution is 5.68. The number of aliphatic hydroxyl groups excluding tert-OH is 1. The predicted molar refractivity (Wildman–Crippen MR) is 126 cm³/mol. The third-order valence-electron chi connectivity index (χ3n) is 5.76. The first-order valence-corrected chi connectivity index (χ1v) is 11.7. The Kier molecular flexibility index (Phi) is 11.8. The molecule has 1 N–H and O–H groups in total. The molecule has 2 fully saturated rings. The quantitative estimate of drug-likeness (QED) is 0.128. The van der Waals surface area contributed by atoms with Crippen molar-refractivity contribution in [2.45, 2.75) is 95.2 Å². The van der Waals surface area contributed by atoms with Gasteiger partial charge in [0.05, 0.1) is 18.2 Å². The van der Waals surface area contributed by atoms with Crippen molar-refractivity contribution in [2.75, 3.05) is 6.61 Å². The summed E-state index contributed by atoms with van der Waals surface area (Å²) in [5.41, 5.74) is 27.3. The summed E-state index contributed by atoms with van der Waals surface area (Å²) in [7, 11) is 0. The molecule has 0 amide bonds. The molecule has 1 saturated carbocycles. The maximum Gasteiger partial charge on any atom is 0.303 e. The number of nitrogens with zero attached hydrogens (tertiary/aromatic N) is 9. The highest BCUT2D eigenvalue weighted by atomic mass is 16.7. The minimum atomic E-state index is -1.77. The van der Waals surface area contributed by atoms with Crippen molar-refractivity contribution in [1.29, 1.82) is 0 Å². The van der Waals surface area contributed by atoms with Gasteiger partial charge in [-0.2, -0.15) is 0 Å². The Morgan fingerprint density at radius 3 is 1.77 bits per heavy atom. The van der Waals surface area contributed by atoms with Crippen LogP contribution in [0.25, 0.3) is 31.3 Å². The minimum absolute atomic E-state index is 0.243. The van der Waals surface area contributed by atoms with Gasteiger partial charge in [-0.15, -0.1) is 0 Å². The normalized spacial score (nSPS) is 33.0. The Labute approximate surface area is 225 Å². The van der Waals surface area contributed by atoms with Crippen LogP contribution in [0.2, 0.25) is 0 Å². The van der Waals surface area contributed by atoms with Crippen LogP contribution in [0.3, 0.4) is 0 Å². The van der Waals surface area contributed by atoms with E-state index in [4.69, 9.17) is 39.5 Å². The molecule has 2 rings (SSSR count). The summed E-state index contributed by atoms with van der Waals surface area (Å²) in [5, 5.41) is 21.8. The number of carbonyl (C=O) groups is 4. The maximum atomic E-state index is 11.9. The number of azide groups is 3. The molecule has 0 bridgehead atoms. The molecule has 20 nitrogen and oxygen atoms in total. The van der Waals surface area contributed by atoms with Crippen molar-refractivity contribution in [3.63, 3.8) is 0 Å². The van der Waals surface area contributed by atoms with Gasteiger partial charge in [0.2, 0.25) is 0 Å². The summed E-state index contributed by atoms with van der Waals surface area (Å²) in [6.45, 7) is 3.71. The van der Waals surface area contributed by atoms with Gasteiger partial charge in [0.15, 0.2) is 18.5 Å². The van der Waals surface area contributed by atoms with E-state index < -0.39 is 91.5 Å². The fraction of sp³-hybridized carbons (Fsp3) is 0.800. The molecular formula is C20H27N9O11. The van der Waals surface area contributed by atoms with Gasteiger partial charge >= 0.3 is 23.9 Å². The van der Waals surface area contributed by atoms with Crippen LogP contribution in [0.4, 0.5) is 0 Å². The van der Waals surface area contributed by atoms with Gasteiger partial charge < -0.3 is 33.5 Å². The number of aliphatic hydroxyl groups is 1. The second-order valence-electron chi connectivity index (χ2n) is 8.63. The lowest BCUT2D eigenvalue weighted by atomic mass is 9.84. The molecule has 1 saturated heterocycles. The average Bonchev–Trinajstić information content (AvgIpc) is 2.85. The Balaban J connectivity index is 2.56. The second kappa shape index (κ2) is 14.7. The van der Waals surface area contributed by atoms with Gasteiger partial charge in [-0.05, 0) is 23.0 Å². The van der Waals surface area contributed by atoms with Crippen LogP contribution in [0.5, 0.6) is 0 Å². The zero-order chi connectivity index (χ0) is 30.0. The molecule has 0 aromatic heterocycles. The molecule has 40 heavy (non-hydrogen) atoms. The van der Waals surface area contributed by atoms with E-state index in [2.05, 4.69) is 30.1 Å². The van der Waals surface area contributed by atoms with E-state index in [1.165, 1.54) is 0 Å². The summed E-state index contributed by atoms with van der Waals surface area (Å²) < 4.78 is 32.4. The molecule has 0 radical (unpaired) electrons. The van der Waals surface area contributed by atoms with Crippen LogP contribution >= 0.6 is 0 Å². The van der Waals surface area contributed by atoms with E-state index >= 15 is 0 Å². The number of hydrogen-bond acceptors (Lipinski definition) is 14. The maximum absolute atomic E-state index is 11.9. The summed E-state index contributed by atoms with van der Waals surface area (Å²) in [6, 6.07) is -3.95. The molecule has 4 unspecified atom stereocenters. The van der Waals surface area contributed by atoms with Crippen molar-refractivity contribution >= 4 is 23.9 Å². The van der Waals surface area contributed by atoms with Gasteiger partial charge in [0, 0.05) is 42.4 Å². The average molecular weight is 569 g/mol. The van der Waals surface area contributed by atoms with Gasteiger partial charge in [-0.25, -0.2) is 0 Å². The summed E-state index contributed by atoms with van der Waals surface area (Å²) in [5.74, 6) is -3.27. The van der Waals surface area contributed by atoms with Gasteiger partial charge in [0.25, 0.3) is 0 Å². The zero-order valence-electron chi connectivity index (χ0n) is 21.7. The van der Waals surface area contributed by atoms with Crippen molar-refractivity contribution in [1.82, 2.24) is 0 Å². The molecule has 218 valence electrons. The summed E-state index contributed by atoms with van der Waals surface area (Å²) >= 11 is 0. The highest BCUT2D eigenvalue weighted by Gasteiger charge is 2.54. The fourth-order valence-corrected chi connectivity index (χ4v) is 4.36. The third kappa shape index (κ3) is 8.34. The monoisotopic (exact) mass is 569 g/mol. The SMILES string of the molecule is CC(=O)OCC1O[C@H](O[C@@H]2C(N=[N+]=[N-])C[C@@H](N=[N+]=[N-])C(OC(C)=O)[C@H]2O)C(N=[N+]=[N-])[C@@H](OC(C)=O)[C@@H]1OC(C)=O. The van der Waals surface area contributed by atoms with Gasteiger partial charge in [-0.1, -0.05) is 15.3 Å². The first-order valence-electron chi connectivity index (χ1n) is 11.7. The Morgan fingerprint density at radius 2 is 1.27 bits per heavy atom. The molecule has 10 atom stereocenters. The molecule has 0 aromatic rings. The molecule has 1 aliphatic carbocycles. The van der Waals surface area contributed by atoms with Crippen molar-refractivity contribution in [3.8, 4) is 0 Å². The molecule has 0 aromatic carbocycles. The number of carbonyl (C=O) groups excluding carboxylic acids is 4. The van der Waals surface area contributed by atoms with E-state index in [1.54, 1.807) is 0 Å². The topological polar surface area (TPSA) is 290 Å². The van der Waals surface area contributed by atoms with Gasteiger partial charge in [-0.3, -0.25) is 19.2 Å². The van der Waals surface area contributed by atoms with E-state index in [1.807, 2.05) is 0 Å².